The van der Waals surface area contributed by atoms with E-state index in [0.717, 1.165) is 11.1 Å². The molecule has 292 valence electrons. The average molecular weight is 765 g/mol. The number of rotatable bonds is 17. The van der Waals surface area contributed by atoms with E-state index in [4.69, 9.17) is 14.2 Å². The second kappa shape index (κ2) is 18.6. The van der Waals surface area contributed by atoms with E-state index in [2.05, 4.69) is 10.6 Å². The minimum atomic E-state index is -4.11. The fourth-order valence-corrected chi connectivity index (χ4v) is 8.27. The molecule has 3 N–H and O–H groups in total. The number of ether oxygens (including phenoxy) is 3. The quantitative estimate of drug-likeness (QED) is 0.180. The third-order valence-corrected chi connectivity index (χ3v) is 11.6. The second-order valence-corrected chi connectivity index (χ2v) is 16.3. The Morgan fingerprint density at radius 3 is 2.26 bits per heavy atom. The Morgan fingerprint density at radius 2 is 1.59 bits per heavy atom. The van der Waals surface area contributed by atoms with Crippen molar-refractivity contribution < 1.29 is 42.1 Å². The highest BCUT2D eigenvalue weighted by Gasteiger charge is 2.39. The number of carbonyl (C=O) groups excluding carboxylic acids is 3. The number of hydrogen-bond donors (Lipinski definition) is 3. The maximum atomic E-state index is 14.2. The number of likely N-dealkylation sites (tertiary alicyclic amines) is 1. The minimum absolute atomic E-state index is 0.00676. The smallest absolute Gasteiger partial charge is 0.410 e. The zero-order chi connectivity index (χ0) is 38.8. The summed E-state index contributed by atoms with van der Waals surface area (Å²) in [6.45, 7) is 7.71. The van der Waals surface area contributed by atoms with Gasteiger partial charge in [0.25, 0.3) is 0 Å². The third kappa shape index (κ3) is 10.3. The first kappa shape index (κ1) is 40.5. The summed E-state index contributed by atoms with van der Waals surface area (Å²) in [5.41, 5.74) is 1.64. The highest BCUT2D eigenvalue weighted by atomic mass is 32.2. The molecule has 14 heteroatoms. The monoisotopic (exact) mass is 764 g/mol. The van der Waals surface area contributed by atoms with Gasteiger partial charge < -0.3 is 30.0 Å². The summed E-state index contributed by atoms with van der Waals surface area (Å²) < 4.78 is 45.6. The molecule has 0 bridgehead atoms. The number of fused-ring (bicyclic) bond motifs is 1. The van der Waals surface area contributed by atoms with E-state index < -0.39 is 52.2 Å². The van der Waals surface area contributed by atoms with Gasteiger partial charge in [0.1, 0.15) is 18.7 Å². The van der Waals surface area contributed by atoms with Gasteiger partial charge in [-0.1, -0.05) is 94.8 Å². The van der Waals surface area contributed by atoms with Gasteiger partial charge in [-0.3, -0.25) is 14.5 Å². The lowest BCUT2D eigenvalue weighted by atomic mass is 9.95. The zero-order valence-electron chi connectivity index (χ0n) is 31.3. The SMILES string of the molecule is CC[C@H](C)[C@H](NC(=O)[C@@H]1CCCN1C(=O)OCc1ccccc1)C(=O)NC(Cc1ccccc1)[C@H](O)CN(CC(C)C)S(=O)(=O)c1ccc2c(c1)OCO2. The third-order valence-electron chi connectivity index (χ3n) is 9.82. The van der Waals surface area contributed by atoms with E-state index in [1.54, 1.807) is 6.07 Å². The fourth-order valence-electron chi connectivity index (χ4n) is 6.64. The molecule has 3 amide bonds. The van der Waals surface area contributed by atoms with Gasteiger partial charge in [0.15, 0.2) is 11.5 Å². The summed E-state index contributed by atoms with van der Waals surface area (Å²) in [7, 11) is -4.11. The topological polar surface area (TPSA) is 164 Å². The number of nitrogens with one attached hydrogen (secondary N) is 2. The molecule has 0 saturated carbocycles. The first-order valence-electron chi connectivity index (χ1n) is 18.6. The molecule has 1 fully saturated rings. The predicted octanol–water partition coefficient (Wildman–Crippen LogP) is 4.48. The van der Waals surface area contributed by atoms with Crippen molar-refractivity contribution in [3.63, 3.8) is 0 Å². The van der Waals surface area contributed by atoms with Crippen LogP contribution in [0.1, 0.15) is 58.1 Å². The molecule has 2 aliphatic rings. The van der Waals surface area contributed by atoms with Gasteiger partial charge in [-0.25, -0.2) is 13.2 Å². The molecule has 0 aromatic heterocycles. The molecular formula is C40H52N4O9S. The lowest BCUT2D eigenvalue weighted by Gasteiger charge is -2.33. The average Bonchev–Trinajstić information content (AvgIpc) is 3.86. The normalized spacial score (nSPS) is 17.5. The van der Waals surface area contributed by atoms with E-state index in [-0.39, 0.29) is 49.6 Å². The molecular weight excluding hydrogens is 713 g/mol. The van der Waals surface area contributed by atoms with E-state index >= 15 is 0 Å². The van der Waals surface area contributed by atoms with Crippen molar-refractivity contribution in [3.05, 3.63) is 90.0 Å². The van der Waals surface area contributed by atoms with E-state index in [9.17, 15) is 27.9 Å². The van der Waals surface area contributed by atoms with E-state index in [1.165, 1.54) is 21.3 Å². The molecule has 2 aliphatic heterocycles. The van der Waals surface area contributed by atoms with Crippen molar-refractivity contribution in [2.24, 2.45) is 11.8 Å². The van der Waals surface area contributed by atoms with Gasteiger partial charge in [-0.15, -0.1) is 0 Å². The van der Waals surface area contributed by atoms with Crippen molar-refractivity contribution in [2.45, 2.75) is 89.1 Å². The highest BCUT2D eigenvalue weighted by Crippen LogP contribution is 2.35. The Balaban J connectivity index is 1.33. The summed E-state index contributed by atoms with van der Waals surface area (Å²) in [5.74, 6) is -0.628. The van der Waals surface area contributed by atoms with E-state index in [0.29, 0.717) is 37.3 Å². The predicted molar refractivity (Wildman–Crippen MR) is 202 cm³/mol. The van der Waals surface area contributed by atoms with Crippen LogP contribution in [0.2, 0.25) is 0 Å². The number of amides is 3. The van der Waals surface area contributed by atoms with Crippen LogP contribution in [0.5, 0.6) is 11.5 Å². The van der Waals surface area contributed by atoms with Crippen molar-refractivity contribution in [2.75, 3.05) is 26.4 Å². The number of hydrogen-bond acceptors (Lipinski definition) is 9. The minimum Gasteiger partial charge on any atom is -0.454 e. The van der Waals surface area contributed by atoms with Crippen LogP contribution < -0.4 is 20.1 Å². The number of aliphatic hydroxyl groups is 1. The summed E-state index contributed by atoms with van der Waals surface area (Å²) in [6.07, 6.45) is -0.179. The van der Waals surface area contributed by atoms with Crippen molar-refractivity contribution in [3.8, 4) is 11.5 Å². The Kier molecular flexibility index (Phi) is 13.9. The Labute approximate surface area is 318 Å². The summed E-state index contributed by atoms with van der Waals surface area (Å²) in [5, 5.41) is 17.7. The Morgan fingerprint density at radius 1 is 0.926 bits per heavy atom. The molecule has 5 rings (SSSR count). The standard InChI is InChI=1S/C40H52N4O9S/c1-5-28(4)37(42-38(46)33-17-12-20-44(33)40(48)51-25-30-15-10-7-11-16-30)39(47)41-32(21-29-13-8-6-9-14-29)34(45)24-43(23-27(2)3)54(49,50)31-18-19-35-36(22-31)53-26-52-35/h6-11,13-16,18-19,22,27-28,32-34,37,45H,5,12,17,20-21,23-26H2,1-4H3,(H,41,47)(H,42,46)/t28-,32?,33-,34+,37-/m0/s1. The molecule has 1 unspecified atom stereocenters. The summed E-state index contributed by atoms with van der Waals surface area (Å²) >= 11 is 0. The number of nitrogens with zero attached hydrogens (tertiary/aromatic N) is 2. The summed E-state index contributed by atoms with van der Waals surface area (Å²) in [6, 6.07) is 20.2. The lowest BCUT2D eigenvalue weighted by molar-refractivity contribution is -0.133. The first-order valence-corrected chi connectivity index (χ1v) is 20.0. The van der Waals surface area contributed by atoms with Gasteiger partial charge in [0.2, 0.25) is 28.6 Å². The van der Waals surface area contributed by atoms with Crippen molar-refractivity contribution in [1.29, 1.82) is 0 Å². The highest BCUT2D eigenvalue weighted by molar-refractivity contribution is 7.89. The maximum absolute atomic E-state index is 14.2. The first-order chi connectivity index (χ1) is 25.9. The molecule has 0 aliphatic carbocycles. The van der Waals surface area contributed by atoms with Crippen LogP contribution in [0.3, 0.4) is 0 Å². The molecule has 3 aromatic rings. The molecule has 5 atom stereocenters. The summed E-state index contributed by atoms with van der Waals surface area (Å²) in [4.78, 5) is 42.4. The molecule has 13 nitrogen and oxygen atoms in total. The van der Waals surface area contributed by atoms with Crippen LogP contribution in [0.25, 0.3) is 0 Å². The molecule has 2 heterocycles. The van der Waals surface area contributed by atoms with Gasteiger partial charge in [0.05, 0.1) is 17.0 Å². The van der Waals surface area contributed by atoms with Gasteiger partial charge in [-0.2, -0.15) is 4.31 Å². The molecule has 0 radical (unpaired) electrons. The molecule has 1 saturated heterocycles. The zero-order valence-corrected chi connectivity index (χ0v) is 32.2. The molecule has 0 spiro atoms. The lowest BCUT2D eigenvalue weighted by Crippen LogP contribution is -2.59. The second-order valence-electron chi connectivity index (χ2n) is 14.4. The van der Waals surface area contributed by atoms with Crippen LogP contribution >= 0.6 is 0 Å². The van der Waals surface area contributed by atoms with Crippen molar-refractivity contribution >= 4 is 27.9 Å². The Bertz CT molecular complexity index is 1830. The Hall–Kier alpha value is -4.66. The molecule has 3 aromatic carbocycles. The van der Waals surface area contributed by atoms with Gasteiger partial charge in [-0.05, 0) is 54.4 Å². The van der Waals surface area contributed by atoms with Crippen LogP contribution in [0.4, 0.5) is 4.79 Å². The number of benzene rings is 3. The largest absolute Gasteiger partial charge is 0.454 e. The van der Waals surface area contributed by atoms with Crippen LogP contribution in [-0.4, -0.2) is 91.3 Å². The fraction of sp³-hybridized carbons (Fsp3) is 0.475. The van der Waals surface area contributed by atoms with Crippen molar-refractivity contribution in [1.82, 2.24) is 19.8 Å². The maximum Gasteiger partial charge on any atom is 0.410 e. The van der Waals surface area contributed by atoms with E-state index in [1.807, 2.05) is 88.4 Å². The molecule has 54 heavy (non-hydrogen) atoms. The van der Waals surface area contributed by atoms with Crippen LogP contribution in [-0.2, 0) is 37.4 Å². The number of aliphatic hydroxyl groups excluding tert-OH is 1. The van der Waals surface area contributed by atoms with Gasteiger partial charge in [0, 0.05) is 25.7 Å². The van der Waals surface area contributed by atoms with Crippen LogP contribution in [0, 0.1) is 11.8 Å². The number of sulfonamides is 1. The van der Waals surface area contributed by atoms with Crippen LogP contribution in [0.15, 0.2) is 83.8 Å². The van der Waals surface area contributed by atoms with Gasteiger partial charge >= 0.3 is 6.09 Å². The number of carbonyl (C=O) groups is 3.